The third-order valence-electron chi connectivity index (χ3n) is 4.78. The average Bonchev–Trinajstić information content (AvgIpc) is 3.30. The van der Waals surface area contributed by atoms with Gasteiger partial charge in [-0.15, -0.1) is 0 Å². The number of carbonyl (C=O) groups is 3. The summed E-state index contributed by atoms with van der Waals surface area (Å²) in [5.41, 5.74) is -1.18. The molecule has 0 spiro atoms. The van der Waals surface area contributed by atoms with Crippen LogP contribution >= 0.6 is 22.9 Å². The van der Waals surface area contributed by atoms with Crippen LogP contribution in [0, 0.1) is 5.92 Å². The summed E-state index contributed by atoms with van der Waals surface area (Å²) in [6.07, 6.45) is -2.25. The van der Waals surface area contributed by atoms with E-state index in [9.17, 15) is 27.6 Å². The van der Waals surface area contributed by atoms with Crippen molar-refractivity contribution in [2.45, 2.75) is 38.3 Å². The number of halogens is 4. The van der Waals surface area contributed by atoms with Crippen LogP contribution in [0.3, 0.4) is 0 Å². The highest BCUT2D eigenvalue weighted by atomic mass is 35.5. The number of carboxylic acids is 1. The number of carboxylic acid groups (broad SMARTS) is 1. The Morgan fingerprint density at radius 3 is 2.48 bits per heavy atom. The van der Waals surface area contributed by atoms with Crippen molar-refractivity contribution < 1.29 is 32.7 Å². The smallest absolute Gasteiger partial charge is 0.416 e. The van der Waals surface area contributed by atoms with E-state index >= 15 is 0 Å². The molecule has 3 N–H and O–H groups in total. The van der Waals surface area contributed by atoms with Gasteiger partial charge >= 0.3 is 18.2 Å². The number of hydrogen-bond donors (Lipinski definition) is 3. The van der Waals surface area contributed by atoms with Crippen LogP contribution in [-0.2, 0) is 17.4 Å². The Hall–Kier alpha value is -2.66. The van der Waals surface area contributed by atoms with Crippen LogP contribution in [0.1, 0.15) is 47.3 Å². The molecule has 12 heteroatoms. The van der Waals surface area contributed by atoms with Gasteiger partial charge in [-0.05, 0) is 31.0 Å². The minimum atomic E-state index is -4.64. The van der Waals surface area contributed by atoms with E-state index in [0.717, 1.165) is 42.4 Å². The quantitative estimate of drug-likeness (QED) is 0.481. The summed E-state index contributed by atoms with van der Waals surface area (Å²) in [4.78, 5) is 39.9. The molecule has 166 valence electrons. The first-order valence-corrected chi connectivity index (χ1v) is 10.4. The van der Waals surface area contributed by atoms with Crippen molar-refractivity contribution in [3.8, 4) is 0 Å². The van der Waals surface area contributed by atoms with Gasteiger partial charge in [-0.25, -0.2) is 9.78 Å². The lowest BCUT2D eigenvalue weighted by molar-refractivity contribution is -0.138. The first kappa shape index (κ1) is 23.0. The summed E-state index contributed by atoms with van der Waals surface area (Å²) in [7, 11) is 0. The molecule has 0 saturated heterocycles. The van der Waals surface area contributed by atoms with Gasteiger partial charge in [-0.3, -0.25) is 14.9 Å². The second-order valence-corrected chi connectivity index (χ2v) is 8.59. The maximum atomic E-state index is 13.1. The van der Waals surface area contributed by atoms with Crippen LogP contribution in [0.5, 0.6) is 0 Å². The Balaban J connectivity index is 1.82. The topological polar surface area (TPSA) is 108 Å². The minimum Gasteiger partial charge on any atom is -0.481 e. The van der Waals surface area contributed by atoms with E-state index in [1.54, 1.807) is 0 Å². The van der Waals surface area contributed by atoms with Crippen LogP contribution in [0.4, 0.5) is 28.8 Å². The predicted molar refractivity (Wildman–Crippen MR) is 109 cm³/mol. The molecule has 1 fully saturated rings. The summed E-state index contributed by atoms with van der Waals surface area (Å²) in [6.45, 7) is 0. The number of carbonyl (C=O) groups excluding carboxylic acids is 2. The number of nitrogens with one attached hydrogen (secondary N) is 2. The second kappa shape index (κ2) is 9.23. The lowest BCUT2D eigenvalue weighted by Crippen LogP contribution is -2.23. The molecule has 1 aliphatic rings. The standard InChI is InChI=1S/C19H17ClF3N3O4S/c20-16-13(8-14(27)28)25-18(31-16)26-17(30)24-12-6-5-10(19(21,22)23)7-11(12)15(29)9-3-1-2-4-9/h5-7,9H,1-4,8H2,(H,27,28)(H2,24,25,26,30). The number of rotatable bonds is 6. The summed E-state index contributed by atoms with van der Waals surface area (Å²) in [5.74, 6) is -1.98. The van der Waals surface area contributed by atoms with E-state index < -0.39 is 35.9 Å². The number of aromatic nitrogens is 1. The first-order valence-electron chi connectivity index (χ1n) is 9.25. The maximum Gasteiger partial charge on any atom is 0.416 e. The minimum absolute atomic E-state index is 0.00864. The van der Waals surface area contributed by atoms with Crippen molar-refractivity contribution in [1.82, 2.24) is 4.98 Å². The Labute approximate surface area is 183 Å². The van der Waals surface area contributed by atoms with Gasteiger partial charge in [-0.2, -0.15) is 13.2 Å². The van der Waals surface area contributed by atoms with Crippen molar-refractivity contribution in [2.24, 2.45) is 5.92 Å². The number of ketones is 1. The van der Waals surface area contributed by atoms with Crippen molar-refractivity contribution in [2.75, 3.05) is 10.6 Å². The maximum absolute atomic E-state index is 13.1. The number of hydrogen-bond acceptors (Lipinski definition) is 5. The molecule has 1 aliphatic carbocycles. The van der Waals surface area contributed by atoms with Crippen LogP contribution in [0.2, 0.25) is 4.34 Å². The van der Waals surface area contributed by atoms with Gasteiger partial charge in [0.15, 0.2) is 10.9 Å². The molecular formula is C19H17ClF3N3O4S. The number of anilines is 2. The summed E-state index contributed by atoms with van der Waals surface area (Å²) >= 11 is 6.74. The third kappa shape index (κ3) is 5.73. The van der Waals surface area contributed by atoms with Crippen LogP contribution in [0.15, 0.2) is 18.2 Å². The Bertz CT molecular complexity index is 1020. The van der Waals surface area contributed by atoms with E-state index in [0.29, 0.717) is 12.8 Å². The van der Waals surface area contributed by atoms with E-state index in [1.165, 1.54) is 0 Å². The number of benzene rings is 1. The fraction of sp³-hybridized carbons (Fsp3) is 0.368. The number of amides is 2. The van der Waals surface area contributed by atoms with Gasteiger partial charge in [-0.1, -0.05) is 35.8 Å². The second-order valence-electron chi connectivity index (χ2n) is 6.99. The van der Waals surface area contributed by atoms with Crippen LogP contribution in [-0.4, -0.2) is 27.9 Å². The fourth-order valence-corrected chi connectivity index (χ4v) is 4.36. The van der Waals surface area contributed by atoms with Gasteiger partial charge < -0.3 is 10.4 Å². The van der Waals surface area contributed by atoms with Crippen molar-refractivity contribution in [1.29, 1.82) is 0 Å². The Morgan fingerprint density at radius 1 is 1.19 bits per heavy atom. The molecular weight excluding hydrogens is 459 g/mol. The molecule has 31 heavy (non-hydrogen) atoms. The molecule has 2 aromatic rings. The third-order valence-corrected chi connectivity index (χ3v) is 6.03. The summed E-state index contributed by atoms with van der Waals surface area (Å²) in [5, 5.41) is 13.6. The monoisotopic (exact) mass is 475 g/mol. The van der Waals surface area contributed by atoms with Gasteiger partial charge in [0.1, 0.15) is 4.34 Å². The molecule has 3 rings (SSSR count). The number of Topliss-reactive ketones (excluding diaryl/α,β-unsaturated/α-hetero) is 1. The van der Waals surface area contributed by atoms with Crippen LogP contribution in [0.25, 0.3) is 0 Å². The average molecular weight is 476 g/mol. The normalized spacial score (nSPS) is 14.5. The molecule has 0 bridgehead atoms. The van der Waals surface area contributed by atoms with Crippen molar-refractivity contribution in [3.63, 3.8) is 0 Å². The fourth-order valence-electron chi connectivity index (χ4n) is 3.33. The largest absolute Gasteiger partial charge is 0.481 e. The zero-order valence-electron chi connectivity index (χ0n) is 15.9. The number of thiazole rings is 1. The molecule has 2 amide bonds. The Morgan fingerprint density at radius 2 is 1.87 bits per heavy atom. The summed E-state index contributed by atoms with van der Waals surface area (Å²) < 4.78 is 39.5. The molecule has 0 unspecified atom stereocenters. The highest BCUT2D eigenvalue weighted by Gasteiger charge is 2.33. The molecule has 1 saturated carbocycles. The number of nitrogens with zero attached hydrogens (tertiary/aromatic N) is 1. The zero-order valence-corrected chi connectivity index (χ0v) is 17.5. The molecule has 1 heterocycles. The van der Waals surface area contributed by atoms with E-state index in [4.69, 9.17) is 16.7 Å². The van der Waals surface area contributed by atoms with E-state index in [2.05, 4.69) is 15.6 Å². The first-order chi connectivity index (χ1) is 14.5. The molecule has 0 aliphatic heterocycles. The summed E-state index contributed by atoms with van der Waals surface area (Å²) in [6, 6.07) is 1.72. The zero-order chi connectivity index (χ0) is 22.8. The predicted octanol–water partition coefficient (Wildman–Crippen LogP) is 5.46. The lowest BCUT2D eigenvalue weighted by atomic mass is 9.93. The van der Waals surface area contributed by atoms with Crippen molar-refractivity contribution in [3.05, 3.63) is 39.4 Å². The van der Waals surface area contributed by atoms with Gasteiger partial charge in [0, 0.05) is 11.5 Å². The van der Waals surface area contributed by atoms with E-state index in [-0.39, 0.29) is 32.3 Å². The molecule has 1 aromatic carbocycles. The lowest BCUT2D eigenvalue weighted by Gasteiger charge is -2.16. The molecule has 0 radical (unpaired) electrons. The Kier molecular flexibility index (Phi) is 6.85. The van der Waals surface area contributed by atoms with Crippen molar-refractivity contribution >= 4 is 51.5 Å². The molecule has 0 atom stereocenters. The highest BCUT2D eigenvalue weighted by molar-refractivity contribution is 7.19. The number of alkyl halides is 3. The van der Waals surface area contributed by atoms with Gasteiger partial charge in [0.05, 0.1) is 23.4 Å². The SMILES string of the molecule is O=C(O)Cc1nc(NC(=O)Nc2ccc(C(F)(F)F)cc2C(=O)C2CCCC2)sc1Cl. The van der Waals surface area contributed by atoms with Gasteiger partial charge in [0.2, 0.25) is 0 Å². The van der Waals surface area contributed by atoms with E-state index in [1.807, 2.05) is 0 Å². The molecule has 1 aromatic heterocycles. The number of urea groups is 1. The molecule has 7 nitrogen and oxygen atoms in total. The van der Waals surface area contributed by atoms with Gasteiger partial charge in [0.25, 0.3) is 0 Å². The highest BCUT2D eigenvalue weighted by Crippen LogP contribution is 2.35. The van der Waals surface area contributed by atoms with Crippen LogP contribution < -0.4 is 10.6 Å². The number of aliphatic carboxylic acids is 1.